The average Bonchev–Trinajstić information content (AvgIpc) is 1.84. The minimum absolute atomic E-state index is 0.752. The predicted octanol–water partition coefficient (Wildman–Crippen LogP) is 2.52. The Balaban J connectivity index is 2.44. The first kappa shape index (κ1) is 8.28. The van der Waals surface area contributed by atoms with Gasteiger partial charge in [0.05, 0.1) is 0 Å². The van der Waals surface area contributed by atoms with Crippen molar-refractivity contribution in [2.45, 2.75) is 50.7 Å². The van der Waals surface area contributed by atoms with Crippen molar-refractivity contribution >= 4 is 8.32 Å². The molecule has 1 aliphatic rings. The number of hydrogen-bond acceptors (Lipinski definition) is 1. The van der Waals surface area contributed by atoms with Gasteiger partial charge in [0, 0.05) is 0 Å². The molecule has 1 nitrogen and oxygen atoms in total. The molecule has 2 heteroatoms. The van der Waals surface area contributed by atoms with Gasteiger partial charge in [0.2, 0.25) is 0 Å². The Morgan fingerprint density at radius 2 is 1.80 bits per heavy atom. The van der Waals surface area contributed by atoms with Crippen molar-refractivity contribution in [2.24, 2.45) is 0 Å². The lowest BCUT2D eigenvalue weighted by Crippen LogP contribution is -2.41. The first-order valence-corrected chi connectivity index (χ1v) is 6.89. The van der Waals surface area contributed by atoms with Gasteiger partial charge in [0.15, 0.2) is 8.32 Å². The van der Waals surface area contributed by atoms with Crippen LogP contribution in [0.15, 0.2) is 0 Å². The van der Waals surface area contributed by atoms with Gasteiger partial charge in [-0.1, -0.05) is 33.1 Å². The van der Waals surface area contributed by atoms with Gasteiger partial charge < -0.3 is 4.80 Å². The maximum atomic E-state index is 10.1. The van der Waals surface area contributed by atoms with E-state index in [1.54, 1.807) is 0 Å². The van der Waals surface area contributed by atoms with E-state index in [2.05, 4.69) is 13.8 Å². The van der Waals surface area contributed by atoms with Crippen molar-refractivity contribution in [2.75, 3.05) is 0 Å². The molecule has 1 N–H and O–H groups in total. The van der Waals surface area contributed by atoms with Crippen LogP contribution in [0.25, 0.3) is 0 Å². The Morgan fingerprint density at radius 1 is 1.30 bits per heavy atom. The second-order valence-corrected chi connectivity index (χ2v) is 7.88. The van der Waals surface area contributed by atoms with Gasteiger partial charge in [0.25, 0.3) is 0 Å². The van der Waals surface area contributed by atoms with Crippen LogP contribution in [0.3, 0.4) is 0 Å². The van der Waals surface area contributed by atoms with Gasteiger partial charge in [-0.2, -0.15) is 0 Å². The molecule has 1 aliphatic carbocycles. The summed E-state index contributed by atoms with van der Waals surface area (Å²) in [5.41, 5.74) is 0.752. The summed E-state index contributed by atoms with van der Waals surface area (Å²) in [5.74, 6) is 0. The van der Waals surface area contributed by atoms with Crippen molar-refractivity contribution in [3.8, 4) is 0 Å². The van der Waals surface area contributed by atoms with Crippen molar-refractivity contribution in [1.29, 1.82) is 0 Å². The normalized spacial score (nSPS) is 20.7. The maximum Gasteiger partial charge on any atom is 0.191 e. The van der Waals surface area contributed by atoms with Crippen LogP contribution < -0.4 is 0 Å². The Bertz CT molecular complexity index is 106. The van der Waals surface area contributed by atoms with Crippen molar-refractivity contribution in [1.82, 2.24) is 0 Å². The molecule has 0 unspecified atom stereocenters. The number of hydrogen-bond donors (Lipinski definition) is 1. The van der Waals surface area contributed by atoms with E-state index < -0.39 is 8.32 Å². The van der Waals surface area contributed by atoms with Crippen LogP contribution in [-0.4, -0.2) is 13.1 Å². The molecule has 0 aromatic heterocycles. The lowest BCUT2D eigenvalue weighted by molar-refractivity contribution is 0.406. The fourth-order valence-electron chi connectivity index (χ4n) is 1.77. The summed E-state index contributed by atoms with van der Waals surface area (Å²) in [6.45, 7) is 4.29. The molecule has 0 saturated heterocycles. The van der Waals surface area contributed by atoms with E-state index in [1.165, 1.54) is 19.3 Å². The molecule has 1 saturated carbocycles. The minimum Gasteiger partial charge on any atom is -0.431 e. The van der Waals surface area contributed by atoms with Crippen molar-refractivity contribution < 1.29 is 4.80 Å². The van der Waals surface area contributed by atoms with Gasteiger partial charge in [0.1, 0.15) is 0 Å². The van der Waals surface area contributed by atoms with Crippen LogP contribution in [0.2, 0.25) is 17.6 Å². The zero-order chi connectivity index (χ0) is 7.61. The van der Waals surface area contributed by atoms with E-state index >= 15 is 0 Å². The summed E-state index contributed by atoms with van der Waals surface area (Å²) in [5, 5.41) is 0. The average molecular weight is 158 g/mol. The van der Waals surface area contributed by atoms with Crippen LogP contribution >= 0.6 is 0 Å². The molecule has 0 radical (unpaired) electrons. The molecule has 1 rings (SSSR count). The molecule has 0 heterocycles. The van der Waals surface area contributed by atoms with E-state index in [0.29, 0.717) is 0 Å². The highest BCUT2D eigenvalue weighted by Crippen LogP contribution is 2.42. The van der Waals surface area contributed by atoms with Crippen LogP contribution in [0, 0.1) is 0 Å². The molecule has 1 fully saturated rings. The summed E-state index contributed by atoms with van der Waals surface area (Å²) in [6, 6.07) is 2.13. The van der Waals surface area contributed by atoms with Gasteiger partial charge in [-0.3, -0.25) is 0 Å². The zero-order valence-electron chi connectivity index (χ0n) is 7.06. The van der Waals surface area contributed by atoms with Crippen LogP contribution in [0.4, 0.5) is 0 Å². The zero-order valence-corrected chi connectivity index (χ0v) is 8.06. The summed E-state index contributed by atoms with van der Waals surface area (Å²) >= 11 is 0. The molecule has 0 atom stereocenters. The van der Waals surface area contributed by atoms with E-state index in [-0.39, 0.29) is 0 Å². The predicted molar refractivity (Wildman–Crippen MR) is 46.5 cm³/mol. The highest BCUT2D eigenvalue weighted by Gasteiger charge is 2.39. The summed E-state index contributed by atoms with van der Waals surface area (Å²) in [4.78, 5) is 10.1. The molecule has 0 amide bonds. The molecule has 0 aromatic rings. The third-order valence-corrected chi connectivity index (χ3v) is 7.64. The molecule has 0 aromatic carbocycles. The molecular formula is C8H18OSi. The van der Waals surface area contributed by atoms with E-state index in [0.717, 1.165) is 17.6 Å². The highest BCUT2D eigenvalue weighted by molar-refractivity contribution is 6.74. The van der Waals surface area contributed by atoms with E-state index in [4.69, 9.17) is 0 Å². The van der Waals surface area contributed by atoms with Crippen molar-refractivity contribution in [3.63, 3.8) is 0 Å². The summed E-state index contributed by atoms with van der Waals surface area (Å²) in [6.07, 6.45) is 3.98. The highest BCUT2D eigenvalue weighted by atomic mass is 28.4. The Hall–Kier alpha value is 0.177. The van der Waals surface area contributed by atoms with Gasteiger partial charge in [-0.05, 0) is 17.6 Å². The largest absolute Gasteiger partial charge is 0.431 e. The first-order chi connectivity index (χ1) is 4.73. The molecule has 0 spiro atoms. The third-order valence-electron chi connectivity index (χ3n) is 3.09. The maximum absolute atomic E-state index is 10.1. The van der Waals surface area contributed by atoms with Gasteiger partial charge >= 0.3 is 0 Å². The van der Waals surface area contributed by atoms with E-state index in [1.807, 2.05) is 0 Å². The quantitative estimate of drug-likeness (QED) is 0.626. The third kappa shape index (κ3) is 1.27. The smallest absolute Gasteiger partial charge is 0.191 e. The lowest BCUT2D eigenvalue weighted by Gasteiger charge is -2.38. The molecule has 60 valence electrons. The standard InChI is InChI=1S/C8H18OSi/c1-3-10(9,4-2)8-6-5-7-8/h8-9H,3-7H2,1-2H3. The molecule has 0 aliphatic heterocycles. The second kappa shape index (κ2) is 3.05. The minimum atomic E-state index is -1.71. The SMILES string of the molecule is CC[Si](O)(CC)C1CCC1. The monoisotopic (exact) mass is 158 g/mol. The molecular weight excluding hydrogens is 140 g/mol. The summed E-state index contributed by atoms with van der Waals surface area (Å²) in [7, 11) is -1.71. The van der Waals surface area contributed by atoms with Gasteiger partial charge in [-0.25, -0.2) is 0 Å². The lowest BCUT2D eigenvalue weighted by atomic mass is 10.00. The van der Waals surface area contributed by atoms with Crippen LogP contribution in [0.5, 0.6) is 0 Å². The van der Waals surface area contributed by atoms with Gasteiger partial charge in [-0.15, -0.1) is 0 Å². The Morgan fingerprint density at radius 3 is 1.90 bits per heavy atom. The molecule has 10 heavy (non-hydrogen) atoms. The van der Waals surface area contributed by atoms with Crippen molar-refractivity contribution in [3.05, 3.63) is 0 Å². The van der Waals surface area contributed by atoms with Crippen LogP contribution in [-0.2, 0) is 0 Å². The second-order valence-electron chi connectivity index (χ2n) is 3.44. The number of rotatable bonds is 3. The topological polar surface area (TPSA) is 20.2 Å². The van der Waals surface area contributed by atoms with E-state index in [9.17, 15) is 4.80 Å². The first-order valence-electron chi connectivity index (χ1n) is 4.45. The summed E-state index contributed by atoms with van der Waals surface area (Å²) < 4.78 is 0. The van der Waals surface area contributed by atoms with Crippen LogP contribution in [0.1, 0.15) is 33.1 Å². The molecule has 0 bridgehead atoms. The Kier molecular flexibility index (Phi) is 2.53. The fourth-order valence-corrected chi connectivity index (χ4v) is 4.91. The Labute approximate surface area is 64.6 Å². The fraction of sp³-hybridized carbons (Fsp3) is 1.00.